The Labute approximate surface area is 114 Å². The van der Waals surface area contributed by atoms with Crippen molar-refractivity contribution in [2.24, 2.45) is 0 Å². The number of aromatic nitrogens is 1. The van der Waals surface area contributed by atoms with Gasteiger partial charge in [0, 0.05) is 10.6 Å². The molecule has 0 radical (unpaired) electrons. The first-order valence-corrected chi connectivity index (χ1v) is 6.71. The topological polar surface area (TPSA) is 39.2 Å². The minimum absolute atomic E-state index is 0.326. The molecule has 2 rings (SSSR count). The van der Waals surface area contributed by atoms with Gasteiger partial charge in [-0.1, -0.05) is 23.7 Å². The van der Waals surface area contributed by atoms with E-state index in [0.717, 1.165) is 10.6 Å². The second kappa shape index (κ2) is 5.50. The zero-order valence-corrected chi connectivity index (χ0v) is 11.6. The third kappa shape index (κ3) is 2.71. The van der Waals surface area contributed by atoms with Crippen LogP contribution in [0.15, 0.2) is 24.3 Å². The van der Waals surface area contributed by atoms with Crippen molar-refractivity contribution < 1.29 is 9.53 Å². The summed E-state index contributed by atoms with van der Waals surface area (Å²) in [5.74, 6) is -0.326. The second-order valence-electron chi connectivity index (χ2n) is 3.64. The highest BCUT2D eigenvalue weighted by atomic mass is 35.5. The molecule has 18 heavy (non-hydrogen) atoms. The summed E-state index contributed by atoms with van der Waals surface area (Å²) >= 11 is 7.19. The fourth-order valence-corrected chi connectivity index (χ4v) is 2.53. The van der Waals surface area contributed by atoms with Crippen LogP contribution in [0.1, 0.15) is 21.6 Å². The summed E-state index contributed by atoms with van der Waals surface area (Å²) in [6, 6.07) is 7.25. The van der Waals surface area contributed by atoms with Crippen LogP contribution in [-0.4, -0.2) is 17.6 Å². The van der Waals surface area contributed by atoms with Gasteiger partial charge in [0.05, 0.1) is 17.3 Å². The summed E-state index contributed by atoms with van der Waals surface area (Å²) in [6.07, 6.45) is 0. The number of ether oxygens (including phenoxy) is 1. The van der Waals surface area contributed by atoms with Crippen molar-refractivity contribution in [3.63, 3.8) is 0 Å². The molecular formula is C13H12ClNO2S. The molecule has 0 aliphatic heterocycles. The molecule has 0 fully saturated rings. The Balaban J connectivity index is 2.44. The van der Waals surface area contributed by atoms with E-state index in [4.69, 9.17) is 16.3 Å². The molecule has 0 unspecified atom stereocenters. The lowest BCUT2D eigenvalue weighted by atomic mass is 10.1. The van der Waals surface area contributed by atoms with E-state index in [2.05, 4.69) is 4.98 Å². The van der Waals surface area contributed by atoms with Gasteiger partial charge in [0.15, 0.2) is 0 Å². The quantitative estimate of drug-likeness (QED) is 0.800. The number of hydrogen-bond acceptors (Lipinski definition) is 4. The number of esters is 1. The van der Waals surface area contributed by atoms with E-state index in [-0.39, 0.29) is 5.97 Å². The number of carbonyl (C=O) groups is 1. The summed E-state index contributed by atoms with van der Waals surface area (Å²) in [5, 5.41) is 1.49. The summed E-state index contributed by atoms with van der Waals surface area (Å²) in [6.45, 7) is 4.01. The second-order valence-corrected chi connectivity index (χ2v) is 5.28. The first-order valence-electron chi connectivity index (χ1n) is 5.52. The standard InChI is InChI=1S/C13H12ClNO2S/c1-3-17-13(16)12-11(15-8(2)18-12)9-4-6-10(14)7-5-9/h4-7H,3H2,1-2H3. The third-order valence-electron chi connectivity index (χ3n) is 2.31. The van der Waals surface area contributed by atoms with Crippen LogP contribution in [0.5, 0.6) is 0 Å². The van der Waals surface area contributed by atoms with Gasteiger partial charge in [-0.05, 0) is 26.0 Å². The van der Waals surface area contributed by atoms with Gasteiger partial charge in [-0.3, -0.25) is 0 Å². The molecule has 3 nitrogen and oxygen atoms in total. The van der Waals surface area contributed by atoms with E-state index in [1.165, 1.54) is 11.3 Å². The van der Waals surface area contributed by atoms with Crippen LogP contribution in [0.2, 0.25) is 5.02 Å². The van der Waals surface area contributed by atoms with Crippen LogP contribution in [-0.2, 0) is 4.74 Å². The van der Waals surface area contributed by atoms with E-state index in [1.807, 2.05) is 19.1 Å². The molecule has 0 aliphatic carbocycles. The van der Waals surface area contributed by atoms with E-state index in [0.29, 0.717) is 22.2 Å². The van der Waals surface area contributed by atoms with Crippen molar-refractivity contribution in [1.82, 2.24) is 4.98 Å². The average molecular weight is 282 g/mol. The van der Waals surface area contributed by atoms with Gasteiger partial charge in [0.1, 0.15) is 4.88 Å². The number of aryl methyl sites for hydroxylation is 1. The Hall–Kier alpha value is -1.39. The number of hydrogen-bond donors (Lipinski definition) is 0. The molecule has 1 heterocycles. The summed E-state index contributed by atoms with van der Waals surface area (Å²) in [7, 11) is 0. The third-order valence-corrected chi connectivity index (χ3v) is 3.52. The average Bonchev–Trinajstić information content (AvgIpc) is 2.73. The number of rotatable bonds is 3. The predicted octanol–water partition coefficient (Wildman–Crippen LogP) is 3.95. The highest BCUT2D eigenvalue weighted by Crippen LogP contribution is 2.29. The summed E-state index contributed by atoms with van der Waals surface area (Å²) in [4.78, 5) is 16.8. The molecule has 0 amide bonds. The maximum absolute atomic E-state index is 11.8. The number of carbonyl (C=O) groups excluding carboxylic acids is 1. The number of benzene rings is 1. The van der Waals surface area contributed by atoms with Gasteiger partial charge in [-0.2, -0.15) is 0 Å². The van der Waals surface area contributed by atoms with Crippen LogP contribution in [0, 0.1) is 6.92 Å². The molecule has 94 valence electrons. The van der Waals surface area contributed by atoms with Gasteiger partial charge in [-0.15, -0.1) is 11.3 Å². The van der Waals surface area contributed by atoms with Crippen molar-refractivity contribution in [2.45, 2.75) is 13.8 Å². The van der Waals surface area contributed by atoms with Gasteiger partial charge >= 0.3 is 5.97 Å². The van der Waals surface area contributed by atoms with E-state index >= 15 is 0 Å². The lowest BCUT2D eigenvalue weighted by molar-refractivity contribution is 0.0532. The van der Waals surface area contributed by atoms with Gasteiger partial charge < -0.3 is 4.74 Å². The molecule has 1 aromatic carbocycles. The van der Waals surface area contributed by atoms with E-state index in [9.17, 15) is 4.79 Å². The first kappa shape index (κ1) is 13.1. The highest BCUT2D eigenvalue weighted by Gasteiger charge is 2.19. The minimum Gasteiger partial charge on any atom is -0.462 e. The largest absolute Gasteiger partial charge is 0.462 e. The monoisotopic (exact) mass is 281 g/mol. The molecule has 0 saturated heterocycles. The Morgan fingerprint density at radius 3 is 2.67 bits per heavy atom. The number of nitrogens with zero attached hydrogens (tertiary/aromatic N) is 1. The fourth-order valence-electron chi connectivity index (χ4n) is 1.57. The lowest BCUT2D eigenvalue weighted by Crippen LogP contribution is -2.03. The van der Waals surface area contributed by atoms with Gasteiger partial charge in [-0.25, -0.2) is 9.78 Å². The van der Waals surface area contributed by atoms with Crippen LogP contribution < -0.4 is 0 Å². The van der Waals surface area contributed by atoms with Crippen LogP contribution in [0.3, 0.4) is 0 Å². The molecule has 0 aliphatic rings. The Bertz CT molecular complexity index is 563. The van der Waals surface area contributed by atoms with Crippen LogP contribution in [0.25, 0.3) is 11.3 Å². The Kier molecular flexibility index (Phi) is 3.99. The maximum Gasteiger partial charge on any atom is 0.350 e. The van der Waals surface area contributed by atoms with Crippen molar-refractivity contribution >= 4 is 28.9 Å². The fraction of sp³-hybridized carbons (Fsp3) is 0.231. The number of thiazole rings is 1. The molecule has 1 aromatic heterocycles. The highest BCUT2D eigenvalue weighted by molar-refractivity contribution is 7.14. The Morgan fingerprint density at radius 2 is 2.06 bits per heavy atom. The van der Waals surface area contributed by atoms with Crippen molar-refractivity contribution in [1.29, 1.82) is 0 Å². The van der Waals surface area contributed by atoms with Crippen molar-refractivity contribution in [3.8, 4) is 11.3 Å². The minimum atomic E-state index is -0.326. The van der Waals surface area contributed by atoms with Crippen LogP contribution >= 0.6 is 22.9 Å². The van der Waals surface area contributed by atoms with Crippen molar-refractivity contribution in [3.05, 3.63) is 39.2 Å². The van der Waals surface area contributed by atoms with Gasteiger partial charge in [0.25, 0.3) is 0 Å². The van der Waals surface area contributed by atoms with Crippen LogP contribution in [0.4, 0.5) is 0 Å². The molecule has 0 saturated carbocycles. The SMILES string of the molecule is CCOC(=O)c1sc(C)nc1-c1ccc(Cl)cc1. The zero-order valence-electron chi connectivity index (χ0n) is 10.1. The molecule has 5 heteroatoms. The van der Waals surface area contributed by atoms with Crippen molar-refractivity contribution in [2.75, 3.05) is 6.61 Å². The normalized spacial score (nSPS) is 10.4. The van der Waals surface area contributed by atoms with E-state index < -0.39 is 0 Å². The zero-order chi connectivity index (χ0) is 13.1. The smallest absolute Gasteiger partial charge is 0.350 e. The lowest BCUT2D eigenvalue weighted by Gasteiger charge is -2.02. The molecule has 0 N–H and O–H groups in total. The molecule has 0 atom stereocenters. The first-order chi connectivity index (χ1) is 8.61. The van der Waals surface area contributed by atoms with E-state index in [1.54, 1.807) is 19.1 Å². The molecule has 0 spiro atoms. The molecule has 2 aromatic rings. The summed E-state index contributed by atoms with van der Waals surface area (Å²) < 4.78 is 5.03. The van der Waals surface area contributed by atoms with Gasteiger partial charge in [0.2, 0.25) is 0 Å². The maximum atomic E-state index is 11.8. The molecular weight excluding hydrogens is 270 g/mol. The molecule has 0 bridgehead atoms. The Morgan fingerprint density at radius 1 is 1.39 bits per heavy atom. The summed E-state index contributed by atoms with van der Waals surface area (Å²) in [5.41, 5.74) is 1.53. The predicted molar refractivity (Wildman–Crippen MR) is 73.3 cm³/mol. The number of halogens is 1.